The Morgan fingerprint density at radius 2 is 1.87 bits per heavy atom. The number of rotatable bonds is 6. The fraction of sp³-hybridized carbons (Fsp3) is 0.818. The van der Waals surface area contributed by atoms with E-state index in [9.17, 15) is 9.59 Å². The lowest BCUT2D eigenvalue weighted by Gasteiger charge is -2.22. The van der Waals surface area contributed by atoms with Crippen LogP contribution in [0.5, 0.6) is 0 Å². The molecule has 1 atom stereocenters. The van der Waals surface area contributed by atoms with Crippen molar-refractivity contribution in [1.29, 1.82) is 0 Å². The summed E-state index contributed by atoms with van der Waals surface area (Å²) in [6.45, 7) is 7.74. The summed E-state index contributed by atoms with van der Waals surface area (Å²) in [6.07, 6.45) is 1.67. The molecule has 4 heteroatoms. The van der Waals surface area contributed by atoms with Crippen molar-refractivity contribution in [2.45, 2.75) is 53.0 Å². The Labute approximate surface area is 91.1 Å². The van der Waals surface area contributed by atoms with Crippen LogP contribution in [0.4, 0.5) is 0 Å². The van der Waals surface area contributed by atoms with Crippen LogP contribution in [0.3, 0.4) is 0 Å². The number of carbonyl (C=O) groups is 2. The lowest BCUT2D eigenvalue weighted by Crippen LogP contribution is -2.41. The van der Waals surface area contributed by atoms with Gasteiger partial charge in [-0.3, -0.25) is 4.79 Å². The fourth-order valence-electron chi connectivity index (χ4n) is 1.14. The maximum atomic E-state index is 11.5. The highest BCUT2D eigenvalue weighted by Crippen LogP contribution is 2.23. The van der Waals surface area contributed by atoms with Crippen molar-refractivity contribution in [2.24, 2.45) is 5.41 Å². The maximum Gasteiger partial charge on any atom is 0.326 e. The predicted octanol–water partition coefficient (Wildman–Crippen LogP) is 1.79. The SMILES string of the molecule is CCC(NC(=O)CC(C)(C)CC)C(=O)O. The molecule has 0 heterocycles. The van der Waals surface area contributed by atoms with Crippen molar-refractivity contribution < 1.29 is 14.7 Å². The summed E-state index contributed by atoms with van der Waals surface area (Å²) < 4.78 is 0. The van der Waals surface area contributed by atoms with Gasteiger partial charge in [0.05, 0.1) is 0 Å². The molecule has 0 aliphatic rings. The third kappa shape index (κ3) is 5.40. The minimum Gasteiger partial charge on any atom is -0.480 e. The van der Waals surface area contributed by atoms with E-state index in [2.05, 4.69) is 5.32 Å². The molecule has 1 unspecified atom stereocenters. The van der Waals surface area contributed by atoms with Gasteiger partial charge in [-0.1, -0.05) is 34.1 Å². The van der Waals surface area contributed by atoms with Gasteiger partial charge >= 0.3 is 5.97 Å². The first-order chi connectivity index (χ1) is 6.82. The first-order valence-corrected chi connectivity index (χ1v) is 5.34. The Kier molecular flexibility index (Phi) is 5.33. The van der Waals surface area contributed by atoms with Crippen molar-refractivity contribution in [3.8, 4) is 0 Å². The second-order valence-electron chi connectivity index (χ2n) is 4.56. The average molecular weight is 215 g/mol. The summed E-state index contributed by atoms with van der Waals surface area (Å²) in [7, 11) is 0. The number of aliphatic carboxylic acids is 1. The molecule has 0 saturated carbocycles. The third-order valence-corrected chi connectivity index (χ3v) is 2.64. The molecule has 88 valence electrons. The van der Waals surface area contributed by atoms with Crippen molar-refractivity contribution in [3.05, 3.63) is 0 Å². The van der Waals surface area contributed by atoms with Crippen molar-refractivity contribution in [1.82, 2.24) is 5.32 Å². The van der Waals surface area contributed by atoms with Crippen LogP contribution < -0.4 is 5.32 Å². The monoisotopic (exact) mass is 215 g/mol. The largest absolute Gasteiger partial charge is 0.480 e. The van der Waals surface area contributed by atoms with Gasteiger partial charge in [-0.05, 0) is 11.8 Å². The lowest BCUT2D eigenvalue weighted by atomic mass is 9.86. The van der Waals surface area contributed by atoms with Crippen LogP contribution in [0.2, 0.25) is 0 Å². The molecule has 0 aliphatic carbocycles. The summed E-state index contributed by atoms with van der Waals surface area (Å²) in [5, 5.41) is 11.3. The van der Waals surface area contributed by atoms with Gasteiger partial charge < -0.3 is 10.4 Å². The predicted molar refractivity (Wildman–Crippen MR) is 58.5 cm³/mol. The molecule has 0 bridgehead atoms. The van der Waals surface area contributed by atoms with Crippen LogP contribution in [0.15, 0.2) is 0 Å². The summed E-state index contributed by atoms with van der Waals surface area (Å²) in [6, 6.07) is -0.759. The van der Waals surface area contributed by atoms with Crippen LogP contribution in [-0.4, -0.2) is 23.0 Å². The van der Waals surface area contributed by atoms with Crippen molar-refractivity contribution >= 4 is 11.9 Å². The molecule has 0 saturated heterocycles. The van der Waals surface area contributed by atoms with Gasteiger partial charge in [0.15, 0.2) is 0 Å². The van der Waals surface area contributed by atoms with Crippen LogP contribution in [0.1, 0.15) is 47.0 Å². The van der Waals surface area contributed by atoms with Gasteiger partial charge in [0, 0.05) is 6.42 Å². The summed E-state index contributed by atoms with van der Waals surface area (Å²) >= 11 is 0. The van der Waals surface area contributed by atoms with Crippen LogP contribution in [0.25, 0.3) is 0 Å². The molecular formula is C11H21NO3. The zero-order valence-corrected chi connectivity index (χ0v) is 9.96. The highest BCUT2D eigenvalue weighted by molar-refractivity contribution is 5.83. The summed E-state index contributed by atoms with van der Waals surface area (Å²) in [4.78, 5) is 22.2. The molecule has 4 nitrogen and oxygen atoms in total. The number of amides is 1. The van der Waals surface area contributed by atoms with Gasteiger partial charge in [-0.25, -0.2) is 4.79 Å². The van der Waals surface area contributed by atoms with E-state index in [1.165, 1.54) is 0 Å². The van der Waals surface area contributed by atoms with Crippen LogP contribution >= 0.6 is 0 Å². The standard InChI is InChI=1S/C11H21NO3/c1-5-8(10(14)15)12-9(13)7-11(3,4)6-2/h8H,5-7H2,1-4H3,(H,12,13)(H,14,15). The first-order valence-electron chi connectivity index (χ1n) is 5.34. The van der Waals surface area contributed by atoms with Crippen molar-refractivity contribution in [2.75, 3.05) is 0 Å². The molecule has 0 fully saturated rings. The molecule has 0 aromatic carbocycles. The molecule has 0 radical (unpaired) electrons. The van der Waals surface area contributed by atoms with E-state index in [1.54, 1.807) is 6.92 Å². The van der Waals surface area contributed by atoms with Gasteiger partial charge in [-0.15, -0.1) is 0 Å². The Hall–Kier alpha value is -1.06. The minimum atomic E-state index is -0.972. The number of carbonyl (C=O) groups excluding carboxylic acids is 1. The van der Waals surface area contributed by atoms with Gasteiger partial charge in [0.2, 0.25) is 5.91 Å². The zero-order chi connectivity index (χ0) is 12.1. The van der Waals surface area contributed by atoms with Gasteiger partial charge in [-0.2, -0.15) is 0 Å². The fourth-order valence-corrected chi connectivity index (χ4v) is 1.14. The normalized spacial score (nSPS) is 13.3. The molecule has 15 heavy (non-hydrogen) atoms. The summed E-state index contributed by atoms with van der Waals surface area (Å²) in [5.41, 5.74) is -0.0686. The smallest absolute Gasteiger partial charge is 0.326 e. The lowest BCUT2D eigenvalue weighted by molar-refractivity contribution is -0.142. The van der Waals surface area contributed by atoms with Crippen molar-refractivity contribution in [3.63, 3.8) is 0 Å². The highest BCUT2D eigenvalue weighted by Gasteiger charge is 2.23. The number of carboxylic acid groups (broad SMARTS) is 1. The first kappa shape index (κ1) is 13.9. The van der Waals surface area contributed by atoms with Gasteiger partial charge in [0.1, 0.15) is 6.04 Å². The molecule has 0 aliphatic heterocycles. The molecule has 0 aromatic heterocycles. The van der Waals surface area contributed by atoms with E-state index in [-0.39, 0.29) is 11.3 Å². The molecule has 2 N–H and O–H groups in total. The number of carboxylic acids is 1. The molecule has 0 spiro atoms. The Morgan fingerprint density at radius 1 is 1.33 bits per heavy atom. The van der Waals surface area contributed by atoms with E-state index >= 15 is 0 Å². The Bertz CT molecular complexity index is 236. The number of hydrogen-bond donors (Lipinski definition) is 2. The summed E-state index contributed by atoms with van der Waals surface area (Å²) in [5.74, 6) is -1.16. The quantitative estimate of drug-likeness (QED) is 0.710. The minimum absolute atomic E-state index is 0.0686. The molecule has 1 amide bonds. The Balaban J connectivity index is 4.19. The second kappa shape index (κ2) is 5.73. The Morgan fingerprint density at radius 3 is 2.20 bits per heavy atom. The van der Waals surface area contributed by atoms with Crippen LogP contribution in [-0.2, 0) is 9.59 Å². The van der Waals surface area contributed by atoms with E-state index in [0.29, 0.717) is 12.8 Å². The zero-order valence-electron chi connectivity index (χ0n) is 9.96. The second-order valence-corrected chi connectivity index (χ2v) is 4.56. The number of nitrogens with one attached hydrogen (secondary N) is 1. The van der Waals surface area contributed by atoms with E-state index in [0.717, 1.165) is 6.42 Å². The third-order valence-electron chi connectivity index (χ3n) is 2.64. The molecular weight excluding hydrogens is 194 g/mol. The van der Waals surface area contributed by atoms with E-state index in [1.807, 2.05) is 20.8 Å². The van der Waals surface area contributed by atoms with Crippen LogP contribution in [0, 0.1) is 5.41 Å². The van der Waals surface area contributed by atoms with Gasteiger partial charge in [0.25, 0.3) is 0 Å². The number of hydrogen-bond acceptors (Lipinski definition) is 2. The van der Waals surface area contributed by atoms with E-state index < -0.39 is 12.0 Å². The molecule has 0 rings (SSSR count). The molecule has 0 aromatic rings. The maximum absolute atomic E-state index is 11.5. The average Bonchev–Trinajstić information content (AvgIpc) is 2.13. The topological polar surface area (TPSA) is 66.4 Å². The highest BCUT2D eigenvalue weighted by atomic mass is 16.4. The van der Waals surface area contributed by atoms with E-state index in [4.69, 9.17) is 5.11 Å².